The summed E-state index contributed by atoms with van der Waals surface area (Å²) in [5.74, 6) is 0. The van der Waals surface area contributed by atoms with E-state index < -0.39 is 0 Å². The van der Waals surface area contributed by atoms with Crippen molar-refractivity contribution < 1.29 is 0 Å². The minimum atomic E-state index is 0.645. The SMILES string of the molecule is CCC.Cc1ccc(CN)c(C)c1. The zero-order chi connectivity index (χ0) is 10.3. The fraction of sp³-hybridized carbons (Fsp3) is 0.500. The molecule has 0 unspecified atom stereocenters. The molecule has 1 aromatic rings. The Morgan fingerprint density at radius 3 is 2.08 bits per heavy atom. The third kappa shape index (κ3) is 4.69. The zero-order valence-corrected chi connectivity index (χ0v) is 9.22. The second kappa shape index (κ2) is 6.67. The first kappa shape index (κ1) is 12.2. The summed E-state index contributed by atoms with van der Waals surface area (Å²) in [6, 6.07) is 6.34. The Kier molecular flexibility index (Phi) is 6.25. The normalized spacial score (nSPS) is 9.00. The van der Waals surface area contributed by atoms with Gasteiger partial charge in [0.25, 0.3) is 0 Å². The first-order chi connectivity index (χ1) is 6.15. The van der Waals surface area contributed by atoms with Crippen molar-refractivity contribution >= 4 is 0 Å². The predicted molar refractivity (Wildman–Crippen MR) is 59.8 cm³/mol. The van der Waals surface area contributed by atoms with Gasteiger partial charge in [-0.05, 0) is 25.0 Å². The van der Waals surface area contributed by atoms with Crippen LogP contribution in [0.25, 0.3) is 0 Å². The van der Waals surface area contributed by atoms with Gasteiger partial charge in [0.2, 0.25) is 0 Å². The molecule has 0 aromatic heterocycles. The molecule has 0 heterocycles. The molecule has 0 aliphatic heterocycles. The van der Waals surface area contributed by atoms with Crippen molar-refractivity contribution in [3.05, 3.63) is 34.9 Å². The van der Waals surface area contributed by atoms with Gasteiger partial charge in [-0.25, -0.2) is 0 Å². The molecular weight excluding hydrogens is 158 g/mol. The van der Waals surface area contributed by atoms with Gasteiger partial charge in [0, 0.05) is 6.54 Å². The van der Waals surface area contributed by atoms with Crippen molar-refractivity contribution in [2.24, 2.45) is 5.73 Å². The molecule has 0 radical (unpaired) electrons. The third-order valence-electron chi connectivity index (χ3n) is 1.72. The lowest BCUT2D eigenvalue weighted by molar-refractivity contribution is 1.05. The van der Waals surface area contributed by atoms with Gasteiger partial charge in [-0.1, -0.05) is 44.0 Å². The molecule has 1 heteroatoms. The van der Waals surface area contributed by atoms with E-state index in [2.05, 4.69) is 45.9 Å². The van der Waals surface area contributed by atoms with Gasteiger partial charge in [0.1, 0.15) is 0 Å². The maximum Gasteiger partial charge on any atom is 0.0180 e. The second-order valence-electron chi connectivity index (χ2n) is 3.34. The van der Waals surface area contributed by atoms with Gasteiger partial charge in [0.05, 0.1) is 0 Å². The Bertz CT molecular complexity index is 241. The molecule has 0 spiro atoms. The van der Waals surface area contributed by atoms with Crippen molar-refractivity contribution in [2.75, 3.05) is 0 Å². The molecule has 74 valence electrons. The molecule has 13 heavy (non-hydrogen) atoms. The quantitative estimate of drug-likeness (QED) is 0.704. The lowest BCUT2D eigenvalue weighted by Crippen LogP contribution is -1.98. The molecule has 0 saturated heterocycles. The van der Waals surface area contributed by atoms with E-state index >= 15 is 0 Å². The lowest BCUT2D eigenvalue weighted by Gasteiger charge is -2.02. The summed E-state index contributed by atoms with van der Waals surface area (Å²) in [5, 5.41) is 0. The van der Waals surface area contributed by atoms with Crippen LogP contribution in [-0.2, 0) is 6.54 Å². The van der Waals surface area contributed by atoms with E-state index in [0.29, 0.717) is 6.54 Å². The Hall–Kier alpha value is -0.820. The maximum absolute atomic E-state index is 5.50. The van der Waals surface area contributed by atoms with Crippen molar-refractivity contribution in [3.63, 3.8) is 0 Å². The summed E-state index contributed by atoms with van der Waals surface area (Å²) in [6.45, 7) is 9.08. The maximum atomic E-state index is 5.50. The minimum Gasteiger partial charge on any atom is -0.326 e. The molecule has 0 bridgehead atoms. The summed E-state index contributed by atoms with van der Waals surface area (Å²) in [4.78, 5) is 0. The molecular formula is C12H21N. The molecule has 0 saturated carbocycles. The largest absolute Gasteiger partial charge is 0.326 e. The first-order valence-electron chi connectivity index (χ1n) is 4.91. The van der Waals surface area contributed by atoms with E-state index in [1.807, 2.05) is 0 Å². The Balaban J connectivity index is 0.000000424. The van der Waals surface area contributed by atoms with Crippen LogP contribution in [0.3, 0.4) is 0 Å². The van der Waals surface area contributed by atoms with Crippen LogP contribution in [0.1, 0.15) is 37.0 Å². The van der Waals surface area contributed by atoms with Crippen LogP contribution < -0.4 is 5.73 Å². The van der Waals surface area contributed by atoms with Gasteiger partial charge in [0.15, 0.2) is 0 Å². The van der Waals surface area contributed by atoms with E-state index in [4.69, 9.17) is 5.73 Å². The van der Waals surface area contributed by atoms with E-state index in [9.17, 15) is 0 Å². The monoisotopic (exact) mass is 179 g/mol. The van der Waals surface area contributed by atoms with Crippen molar-refractivity contribution in [1.29, 1.82) is 0 Å². The van der Waals surface area contributed by atoms with E-state index in [0.717, 1.165) is 0 Å². The molecule has 0 amide bonds. The topological polar surface area (TPSA) is 26.0 Å². The van der Waals surface area contributed by atoms with Gasteiger partial charge in [-0.15, -0.1) is 0 Å². The molecule has 1 aromatic carbocycles. The summed E-state index contributed by atoms with van der Waals surface area (Å²) in [7, 11) is 0. The second-order valence-corrected chi connectivity index (χ2v) is 3.34. The van der Waals surface area contributed by atoms with E-state index in [1.165, 1.54) is 23.1 Å². The van der Waals surface area contributed by atoms with Crippen LogP contribution in [0.5, 0.6) is 0 Å². The summed E-state index contributed by atoms with van der Waals surface area (Å²) in [6.07, 6.45) is 1.25. The molecule has 0 aliphatic rings. The Morgan fingerprint density at radius 1 is 1.15 bits per heavy atom. The molecule has 0 aliphatic carbocycles. The van der Waals surface area contributed by atoms with Crippen LogP contribution in [-0.4, -0.2) is 0 Å². The molecule has 0 fully saturated rings. The lowest BCUT2D eigenvalue weighted by atomic mass is 10.1. The van der Waals surface area contributed by atoms with Crippen molar-refractivity contribution in [1.82, 2.24) is 0 Å². The highest BCUT2D eigenvalue weighted by Gasteiger charge is 1.93. The smallest absolute Gasteiger partial charge is 0.0180 e. The highest BCUT2D eigenvalue weighted by Crippen LogP contribution is 2.08. The van der Waals surface area contributed by atoms with Crippen LogP contribution in [0.4, 0.5) is 0 Å². The number of rotatable bonds is 1. The Labute approximate surface area is 82.0 Å². The van der Waals surface area contributed by atoms with Crippen LogP contribution in [0.2, 0.25) is 0 Å². The summed E-state index contributed by atoms with van der Waals surface area (Å²) < 4.78 is 0. The highest BCUT2D eigenvalue weighted by molar-refractivity contribution is 5.29. The van der Waals surface area contributed by atoms with Crippen LogP contribution in [0, 0.1) is 13.8 Å². The predicted octanol–water partition coefficient (Wildman–Crippen LogP) is 3.18. The number of nitrogens with two attached hydrogens (primary N) is 1. The van der Waals surface area contributed by atoms with Gasteiger partial charge in [-0.2, -0.15) is 0 Å². The average molecular weight is 179 g/mol. The highest BCUT2D eigenvalue weighted by atomic mass is 14.5. The Morgan fingerprint density at radius 2 is 1.69 bits per heavy atom. The average Bonchev–Trinajstić information content (AvgIpc) is 2.06. The first-order valence-corrected chi connectivity index (χ1v) is 4.91. The summed E-state index contributed by atoms with van der Waals surface area (Å²) in [5.41, 5.74) is 9.34. The summed E-state index contributed by atoms with van der Waals surface area (Å²) >= 11 is 0. The molecule has 1 rings (SSSR count). The van der Waals surface area contributed by atoms with Crippen molar-refractivity contribution in [2.45, 2.75) is 40.7 Å². The van der Waals surface area contributed by atoms with E-state index in [-0.39, 0.29) is 0 Å². The number of hydrogen-bond donors (Lipinski definition) is 1. The molecule has 2 N–H and O–H groups in total. The third-order valence-corrected chi connectivity index (χ3v) is 1.72. The van der Waals surface area contributed by atoms with E-state index in [1.54, 1.807) is 0 Å². The van der Waals surface area contributed by atoms with Gasteiger partial charge >= 0.3 is 0 Å². The molecule has 0 atom stereocenters. The standard InChI is InChI=1S/C9H13N.C3H8/c1-7-3-4-9(6-10)8(2)5-7;1-3-2/h3-5H,6,10H2,1-2H3;3H2,1-2H3. The van der Waals surface area contributed by atoms with Crippen LogP contribution >= 0.6 is 0 Å². The minimum absolute atomic E-state index is 0.645. The number of aryl methyl sites for hydroxylation is 2. The fourth-order valence-electron chi connectivity index (χ4n) is 1.07. The van der Waals surface area contributed by atoms with Gasteiger partial charge < -0.3 is 5.73 Å². The zero-order valence-electron chi connectivity index (χ0n) is 9.22. The van der Waals surface area contributed by atoms with Gasteiger partial charge in [-0.3, -0.25) is 0 Å². The fourth-order valence-corrected chi connectivity index (χ4v) is 1.07. The number of benzene rings is 1. The van der Waals surface area contributed by atoms with Crippen molar-refractivity contribution in [3.8, 4) is 0 Å². The molecule has 1 nitrogen and oxygen atoms in total. The van der Waals surface area contributed by atoms with Crippen LogP contribution in [0.15, 0.2) is 18.2 Å². The number of hydrogen-bond acceptors (Lipinski definition) is 1.